The second-order valence-electron chi connectivity index (χ2n) is 6.12. The molecular formula is C16H20FN3. The molecule has 1 saturated heterocycles. The molecule has 1 unspecified atom stereocenters. The van der Waals surface area contributed by atoms with Crippen LogP contribution in [0.4, 0.5) is 4.39 Å². The van der Waals surface area contributed by atoms with Gasteiger partial charge in [0.2, 0.25) is 0 Å². The molecule has 3 rings (SSSR count). The minimum absolute atomic E-state index is 0.191. The van der Waals surface area contributed by atoms with Gasteiger partial charge in [-0.15, -0.1) is 0 Å². The van der Waals surface area contributed by atoms with Gasteiger partial charge in [0.25, 0.3) is 0 Å². The van der Waals surface area contributed by atoms with Crippen LogP contribution in [0.5, 0.6) is 0 Å². The second-order valence-corrected chi connectivity index (χ2v) is 6.12. The van der Waals surface area contributed by atoms with E-state index in [2.05, 4.69) is 16.8 Å². The highest BCUT2D eigenvalue weighted by atomic mass is 19.1. The fourth-order valence-electron chi connectivity index (χ4n) is 3.02. The lowest BCUT2D eigenvalue weighted by Crippen LogP contribution is -2.31. The molecule has 20 heavy (non-hydrogen) atoms. The Kier molecular flexibility index (Phi) is 3.44. The van der Waals surface area contributed by atoms with Gasteiger partial charge in [-0.25, -0.2) is 4.39 Å². The van der Waals surface area contributed by atoms with Gasteiger partial charge in [-0.05, 0) is 48.7 Å². The zero-order valence-corrected chi connectivity index (χ0v) is 11.8. The molecule has 0 saturated carbocycles. The summed E-state index contributed by atoms with van der Waals surface area (Å²) in [6.07, 6.45) is 2.86. The summed E-state index contributed by atoms with van der Waals surface area (Å²) in [7, 11) is 0. The molecule has 2 N–H and O–H groups in total. The van der Waals surface area contributed by atoms with Gasteiger partial charge in [0.05, 0.1) is 5.52 Å². The third kappa shape index (κ3) is 2.53. The quantitative estimate of drug-likeness (QED) is 0.934. The Bertz CT molecular complexity index is 628. The van der Waals surface area contributed by atoms with Crippen LogP contribution in [0, 0.1) is 11.2 Å². The Morgan fingerprint density at radius 1 is 1.45 bits per heavy atom. The van der Waals surface area contributed by atoms with Crippen LogP contribution in [0.25, 0.3) is 10.9 Å². The van der Waals surface area contributed by atoms with Crippen molar-refractivity contribution in [1.82, 2.24) is 9.88 Å². The third-order valence-electron chi connectivity index (χ3n) is 4.27. The molecular weight excluding hydrogens is 253 g/mol. The van der Waals surface area contributed by atoms with Crippen molar-refractivity contribution in [2.24, 2.45) is 11.1 Å². The maximum atomic E-state index is 13.7. The molecule has 1 aliphatic heterocycles. The molecule has 0 spiro atoms. The Hall–Kier alpha value is -1.52. The van der Waals surface area contributed by atoms with E-state index in [-0.39, 0.29) is 11.2 Å². The van der Waals surface area contributed by atoms with Crippen LogP contribution in [0.1, 0.15) is 18.9 Å². The summed E-state index contributed by atoms with van der Waals surface area (Å²) in [5.74, 6) is -0.193. The van der Waals surface area contributed by atoms with Gasteiger partial charge in [-0.1, -0.05) is 13.0 Å². The molecule has 0 aliphatic carbocycles. The molecule has 3 nitrogen and oxygen atoms in total. The molecule has 1 aliphatic rings. The van der Waals surface area contributed by atoms with Crippen LogP contribution in [0.15, 0.2) is 30.5 Å². The highest BCUT2D eigenvalue weighted by Gasteiger charge is 2.32. The van der Waals surface area contributed by atoms with Crippen molar-refractivity contribution in [2.45, 2.75) is 19.9 Å². The average Bonchev–Trinajstić information content (AvgIpc) is 2.81. The number of fused-ring (bicyclic) bond motifs is 1. The predicted molar refractivity (Wildman–Crippen MR) is 78.8 cm³/mol. The number of hydrogen-bond donors (Lipinski definition) is 1. The molecule has 2 heterocycles. The zero-order valence-electron chi connectivity index (χ0n) is 11.8. The monoisotopic (exact) mass is 273 g/mol. The average molecular weight is 273 g/mol. The molecule has 2 aromatic rings. The Morgan fingerprint density at radius 2 is 2.30 bits per heavy atom. The fourth-order valence-corrected chi connectivity index (χ4v) is 3.02. The van der Waals surface area contributed by atoms with Gasteiger partial charge in [0.1, 0.15) is 5.82 Å². The topological polar surface area (TPSA) is 42.1 Å². The summed E-state index contributed by atoms with van der Waals surface area (Å²) in [4.78, 5) is 6.75. The number of aromatic nitrogens is 1. The molecule has 1 fully saturated rings. The first-order valence-corrected chi connectivity index (χ1v) is 7.05. The number of rotatable bonds is 3. The molecule has 1 aromatic heterocycles. The number of hydrogen-bond acceptors (Lipinski definition) is 3. The van der Waals surface area contributed by atoms with Crippen LogP contribution in [-0.2, 0) is 6.54 Å². The van der Waals surface area contributed by atoms with Crippen LogP contribution in [-0.4, -0.2) is 29.5 Å². The third-order valence-corrected chi connectivity index (χ3v) is 4.27. The van der Waals surface area contributed by atoms with Crippen molar-refractivity contribution < 1.29 is 4.39 Å². The predicted octanol–water partition coefficient (Wildman–Crippen LogP) is 2.54. The first-order valence-electron chi connectivity index (χ1n) is 7.05. The molecule has 4 heteroatoms. The zero-order chi connectivity index (χ0) is 14.2. The van der Waals surface area contributed by atoms with E-state index in [0.29, 0.717) is 6.54 Å². The molecule has 1 aromatic carbocycles. The normalized spacial score (nSPS) is 23.6. The summed E-state index contributed by atoms with van der Waals surface area (Å²) in [5.41, 5.74) is 7.89. The van der Waals surface area contributed by atoms with Crippen molar-refractivity contribution >= 4 is 10.9 Å². The number of likely N-dealkylation sites (tertiary alicyclic amines) is 1. The number of nitrogens with zero attached hydrogens (tertiary/aromatic N) is 2. The number of benzene rings is 1. The van der Waals surface area contributed by atoms with E-state index in [0.717, 1.165) is 42.5 Å². The molecule has 0 radical (unpaired) electrons. The smallest absolute Gasteiger partial charge is 0.124 e. The van der Waals surface area contributed by atoms with Crippen molar-refractivity contribution in [2.75, 3.05) is 19.6 Å². The fraction of sp³-hybridized carbons (Fsp3) is 0.438. The summed E-state index contributed by atoms with van der Waals surface area (Å²) >= 11 is 0. The van der Waals surface area contributed by atoms with Gasteiger partial charge >= 0.3 is 0 Å². The first kappa shape index (κ1) is 13.5. The standard InChI is InChI=1S/C16H20FN3/c1-16(10-18)4-6-20(11-16)9-13-8-14(17)7-12-3-2-5-19-15(12)13/h2-3,5,7-8H,4,6,9-11,18H2,1H3. The van der Waals surface area contributed by atoms with E-state index < -0.39 is 0 Å². The van der Waals surface area contributed by atoms with Crippen LogP contribution in [0.3, 0.4) is 0 Å². The molecule has 1 atom stereocenters. The summed E-state index contributed by atoms with van der Waals surface area (Å²) < 4.78 is 13.7. The van der Waals surface area contributed by atoms with Crippen LogP contribution in [0.2, 0.25) is 0 Å². The summed E-state index contributed by atoms with van der Waals surface area (Å²) in [6.45, 7) is 5.63. The van der Waals surface area contributed by atoms with E-state index in [9.17, 15) is 4.39 Å². The van der Waals surface area contributed by atoms with E-state index in [1.165, 1.54) is 0 Å². The van der Waals surface area contributed by atoms with E-state index in [4.69, 9.17) is 5.73 Å². The van der Waals surface area contributed by atoms with E-state index >= 15 is 0 Å². The van der Waals surface area contributed by atoms with Gasteiger partial charge in [-0.2, -0.15) is 0 Å². The van der Waals surface area contributed by atoms with Crippen molar-refractivity contribution in [3.63, 3.8) is 0 Å². The number of pyridine rings is 1. The first-order chi connectivity index (χ1) is 9.59. The van der Waals surface area contributed by atoms with Crippen LogP contribution < -0.4 is 5.73 Å². The summed E-state index contributed by atoms with van der Waals surface area (Å²) in [5, 5.41) is 0.864. The van der Waals surface area contributed by atoms with Gasteiger partial charge in [0.15, 0.2) is 0 Å². The van der Waals surface area contributed by atoms with Crippen molar-refractivity contribution in [3.8, 4) is 0 Å². The lowest BCUT2D eigenvalue weighted by Gasteiger charge is -2.22. The highest BCUT2D eigenvalue weighted by molar-refractivity contribution is 5.81. The number of halogens is 1. The Labute approximate surface area is 118 Å². The van der Waals surface area contributed by atoms with Crippen molar-refractivity contribution in [3.05, 3.63) is 41.8 Å². The van der Waals surface area contributed by atoms with Gasteiger partial charge < -0.3 is 5.73 Å². The maximum absolute atomic E-state index is 13.7. The van der Waals surface area contributed by atoms with Gasteiger partial charge in [0, 0.05) is 24.7 Å². The second kappa shape index (κ2) is 5.11. The molecule has 0 amide bonds. The molecule has 0 bridgehead atoms. The maximum Gasteiger partial charge on any atom is 0.124 e. The minimum Gasteiger partial charge on any atom is -0.330 e. The lowest BCUT2D eigenvalue weighted by molar-refractivity contribution is 0.275. The Morgan fingerprint density at radius 3 is 3.05 bits per heavy atom. The molecule has 106 valence electrons. The van der Waals surface area contributed by atoms with Gasteiger partial charge in [-0.3, -0.25) is 9.88 Å². The summed E-state index contributed by atoms with van der Waals surface area (Å²) in [6, 6.07) is 6.89. The van der Waals surface area contributed by atoms with Crippen molar-refractivity contribution in [1.29, 1.82) is 0 Å². The minimum atomic E-state index is -0.193. The lowest BCUT2D eigenvalue weighted by atomic mass is 9.90. The number of nitrogens with two attached hydrogens (primary N) is 1. The highest BCUT2D eigenvalue weighted by Crippen LogP contribution is 2.30. The van der Waals surface area contributed by atoms with Crippen LogP contribution >= 0.6 is 0 Å². The SMILES string of the molecule is CC1(CN)CCN(Cc2cc(F)cc3cccnc23)C1. The largest absolute Gasteiger partial charge is 0.330 e. The van der Waals surface area contributed by atoms with E-state index in [1.54, 1.807) is 18.3 Å². The Balaban J connectivity index is 1.88. The van der Waals surface area contributed by atoms with E-state index in [1.807, 2.05) is 12.1 Å².